The lowest BCUT2D eigenvalue weighted by Gasteiger charge is -2.34. The molecule has 2 heterocycles. The Morgan fingerprint density at radius 2 is 1.88 bits per heavy atom. The van der Waals surface area contributed by atoms with Gasteiger partial charge in [0.25, 0.3) is 0 Å². The van der Waals surface area contributed by atoms with Crippen LogP contribution in [0.5, 0.6) is 0 Å². The molecule has 0 bridgehead atoms. The van der Waals surface area contributed by atoms with Crippen molar-refractivity contribution in [3.63, 3.8) is 0 Å². The number of sulfonamides is 1. The van der Waals surface area contributed by atoms with Crippen LogP contribution in [-0.4, -0.2) is 81.2 Å². The van der Waals surface area contributed by atoms with Crippen molar-refractivity contribution in [2.24, 2.45) is 0 Å². The summed E-state index contributed by atoms with van der Waals surface area (Å²) >= 11 is 0. The molecule has 0 aliphatic carbocycles. The third kappa shape index (κ3) is 3.89. The molecule has 142 valence electrons. The van der Waals surface area contributed by atoms with Crippen LogP contribution in [0.4, 0.5) is 5.69 Å². The van der Waals surface area contributed by atoms with E-state index < -0.39 is 10.0 Å². The number of carbonyl (C=O) groups excluding carboxylic acids is 2. The Balaban J connectivity index is 1.64. The van der Waals surface area contributed by atoms with Gasteiger partial charge in [0.15, 0.2) is 0 Å². The molecule has 2 amide bonds. The summed E-state index contributed by atoms with van der Waals surface area (Å²) in [5.74, 6) is -0.0720. The molecule has 1 aromatic carbocycles. The Labute approximate surface area is 153 Å². The van der Waals surface area contributed by atoms with Gasteiger partial charge in [-0.05, 0) is 37.9 Å². The van der Waals surface area contributed by atoms with E-state index in [9.17, 15) is 18.0 Å². The maximum atomic E-state index is 12.9. The normalized spacial score (nSPS) is 18.1. The molecule has 3 rings (SSSR count). The minimum absolute atomic E-state index is 0.0536. The van der Waals surface area contributed by atoms with Crippen molar-refractivity contribution in [2.45, 2.75) is 17.7 Å². The summed E-state index contributed by atoms with van der Waals surface area (Å²) in [6.45, 7) is 2.04. The monoisotopic (exact) mass is 380 g/mol. The summed E-state index contributed by atoms with van der Waals surface area (Å²) in [6.07, 6.45) is 0.637. The average molecular weight is 380 g/mol. The number of fused-ring (bicyclic) bond motifs is 1. The summed E-state index contributed by atoms with van der Waals surface area (Å²) in [5, 5.41) is 2.70. The second-order valence-corrected chi connectivity index (χ2v) is 8.82. The van der Waals surface area contributed by atoms with Crippen molar-refractivity contribution < 1.29 is 18.0 Å². The van der Waals surface area contributed by atoms with Crippen LogP contribution >= 0.6 is 0 Å². The highest BCUT2D eigenvalue weighted by Gasteiger charge is 2.31. The van der Waals surface area contributed by atoms with Crippen LogP contribution in [0, 0.1) is 0 Å². The fourth-order valence-corrected chi connectivity index (χ4v) is 4.64. The first-order valence-electron chi connectivity index (χ1n) is 8.63. The molecule has 8 nitrogen and oxygen atoms in total. The standard InChI is InChI=1S/C17H24N4O4S/c1-19(2)6-5-17(23)20-7-9-21(10-8-20)26(24,25)14-3-4-15-13(11-14)12-16(22)18-15/h3-4,11H,5-10,12H2,1-2H3,(H,18,22). The van der Waals surface area contributed by atoms with E-state index in [4.69, 9.17) is 0 Å². The van der Waals surface area contributed by atoms with E-state index in [0.717, 1.165) is 0 Å². The first-order chi connectivity index (χ1) is 12.3. The maximum absolute atomic E-state index is 12.9. The summed E-state index contributed by atoms with van der Waals surface area (Å²) in [7, 11) is 0.200. The van der Waals surface area contributed by atoms with Crippen LogP contribution in [0.25, 0.3) is 0 Å². The van der Waals surface area contributed by atoms with E-state index in [0.29, 0.717) is 37.3 Å². The smallest absolute Gasteiger partial charge is 0.243 e. The van der Waals surface area contributed by atoms with Gasteiger partial charge in [0.05, 0.1) is 11.3 Å². The molecule has 0 radical (unpaired) electrons. The van der Waals surface area contributed by atoms with Gasteiger partial charge >= 0.3 is 0 Å². The first kappa shape index (κ1) is 18.8. The lowest BCUT2D eigenvalue weighted by atomic mass is 10.2. The van der Waals surface area contributed by atoms with E-state index in [-0.39, 0.29) is 36.2 Å². The molecule has 0 aromatic heterocycles. The SMILES string of the molecule is CN(C)CCC(=O)N1CCN(S(=O)(=O)c2ccc3c(c2)CC(=O)N3)CC1. The van der Waals surface area contributed by atoms with Crippen molar-refractivity contribution in [2.75, 3.05) is 52.1 Å². The van der Waals surface area contributed by atoms with E-state index >= 15 is 0 Å². The number of nitrogens with zero attached hydrogens (tertiary/aromatic N) is 3. The molecule has 2 aliphatic heterocycles. The predicted molar refractivity (Wildman–Crippen MR) is 97.3 cm³/mol. The second kappa shape index (κ2) is 7.34. The Bertz CT molecular complexity index is 814. The van der Waals surface area contributed by atoms with Crippen molar-refractivity contribution in [3.05, 3.63) is 23.8 Å². The topological polar surface area (TPSA) is 90.0 Å². The van der Waals surface area contributed by atoms with Gasteiger partial charge in [0, 0.05) is 44.8 Å². The third-order valence-corrected chi connectivity index (χ3v) is 6.60. The van der Waals surface area contributed by atoms with Gasteiger partial charge in [-0.2, -0.15) is 4.31 Å². The Kier molecular flexibility index (Phi) is 5.31. The van der Waals surface area contributed by atoms with Gasteiger partial charge in [0.2, 0.25) is 21.8 Å². The molecular formula is C17H24N4O4S. The van der Waals surface area contributed by atoms with Gasteiger partial charge in [-0.25, -0.2) is 8.42 Å². The van der Waals surface area contributed by atoms with Gasteiger partial charge in [-0.1, -0.05) is 0 Å². The van der Waals surface area contributed by atoms with Crippen molar-refractivity contribution >= 4 is 27.5 Å². The zero-order valence-electron chi connectivity index (χ0n) is 15.1. The maximum Gasteiger partial charge on any atom is 0.243 e. The summed E-state index contributed by atoms with van der Waals surface area (Å²) in [5.41, 5.74) is 1.37. The number of piperazine rings is 1. The number of carbonyl (C=O) groups is 2. The number of benzene rings is 1. The lowest BCUT2D eigenvalue weighted by molar-refractivity contribution is -0.132. The molecule has 1 N–H and O–H groups in total. The lowest BCUT2D eigenvalue weighted by Crippen LogP contribution is -2.50. The molecule has 2 aliphatic rings. The largest absolute Gasteiger partial charge is 0.340 e. The molecule has 0 saturated carbocycles. The van der Waals surface area contributed by atoms with Crippen LogP contribution in [-0.2, 0) is 26.0 Å². The van der Waals surface area contributed by atoms with Gasteiger partial charge in [-0.15, -0.1) is 0 Å². The van der Waals surface area contributed by atoms with Gasteiger partial charge < -0.3 is 15.1 Å². The minimum Gasteiger partial charge on any atom is -0.340 e. The number of nitrogens with one attached hydrogen (secondary N) is 1. The number of amides is 2. The summed E-state index contributed by atoms with van der Waals surface area (Å²) in [6, 6.07) is 4.72. The van der Waals surface area contributed by atoms with E-state index in [1.165, 1.54) is 10.4 Å². The van der Waals surface area contributed by atoms with Crippen molar-refractivity contribution in [1.82, 2.24) is 14.1 Å². The number of hydrogen-bond acceptors (Lipinski definition) is 5. The first-order valence-corrected chi connectivity index (χ1v) is 10.1. The minimum atomic E-state index is -3.63. The highest BCUT2D eigenvalue weighted by molar-refractivity contribution is 7.89. The van der Waals surface area contributed by atoms with Crippen LogP contribution in [0.2, 0.25) is 0 Å². The van der Waals surface area contributed by atoms with Gasteiger partial charge in [-0.3, -0.25) is 9.59 Å². The predicted octanol–water partition coefficient (Wildman–Crippen LogP) is -0.0342. The van der Waals surface area contributed by atoms with Crippen LogP contribution in [0.15, 0.2) is 23.1 Å². The summed E-state index contributed by atoms with van der Waals surface area (Å²) in [4.78, 5) is 27.5. The highest BCUT2D eigenvalue weighted by atomic mass is 32.2. The fourth-order valence-electron chi connectivity index (χ4n) is 3.17. The molecular weight excluding hydrogens is 356 g/mol. The van der Waals surface area contributed by atoms with E-state index in [2.05, 4.69) is 5.32 Å². The van der Waals surface area contributed by atoms with Crippen molar-refractivity contribution in [3.8, 4) is 0 Å². The Morgan fingerprint density at radius 1 is 1.19 bits per heavy atom. The number of rotatable bonds is 5. The quantitative estimate of drug-likeness (QED) is 0.775. The molecule has 0 atom stereocenters. The van der Waals surface area contributed by atoms with Gasteiger partial charge in [0.1, 0.15) is 0 Å². The van der Waals surface area contributed by atoms with Crippen LogP contribution < -0.4 is 5.32 Å². The average Bonchev–Trinajstić information content (AvgIpc) is 2.98. The number of anilines is 1. The molecule has 1 aromatic rings. The second-order valence-electron chi connectivity index (χ2n) is 6.88. The van der Waals surface area contributed by atoms with E-state index in [1.54, 1.807) is 17.0 Å². The molecule has 26 heavy (non-hydrogen) atoms. The van der Waals surface area contributed by atoms with E-state index in [1.807, 2.05) is 19.0 Å². The van der Waals surface area contributed by atoms with Crippen LogP contribution in [0.1, 0.15) is 12.0 Å². The Hall–Kier alpha value is -1.97. The van der Waals surface area contributed by atoms with Crippen molar-refractivity contribution in [1.29, 1.82) is 0 Å². The molecule has 1 fully saturated rings. The fraction of sp³-hybridized carbons (Fsp3) is 0.529. The van der Waals surface area contributed by atoms with Crippen LogP contribution in [0.3, 0.4) is 0 Å². The zero-order valence-corrected chi connectivity index (χ0v) is 15.9. The third-order valence-electron chi connectivity index (χ3n) is 4.70. The number of hydrogen-bond donors (Lipinski definition) is 1. The zero-order chi connectivity index (χ0) is 18.9. The highest BCUT2D eigenvalue weighted by Crippen LogP contribution is 2.27. The molecule has 9 heteroatoms. The molecule has 1 saturated heterocycles. The Morgan fingerprint density at radius 3 is 2.54 bits per heavy atom. The molecule has 0 unspecified atom stereocenters. The molecule has 0 spiro atoms. The summed E-state index contributed by atoms with van der Waals surface area (Å²) < 4.78 is 27.2.